The summed E-state index contributed by atoms with van der Waals surface area (Å²) in [7, 11) is 1.16. The van der Waals surface area contributed by atoms with E-state index < -0.39 is 34.8 Å². The van der Waals surface area contributed by atoms with Crippen molar-refractivity contribution in [3.63, 3.8) is 0 Å². The standard InChI is InChI=1S/C13H12FN3O6/c1-23-11-6-10(17(21)22)8(4-7(11)14)15-9-5-12(19)16(2-3-18)13(9)20/h4-6,15,18H,2-3H2,1H3. The number of imide groups is 1. The minimum atomic E-state index is -0.870. The lowest BCUT2D eigenvalue weighted by molar-refractivity contribution is -0.384. The monoisotopic (exact) mass is 325 g/mol. The number of aliphatic hydroxyl groups is 1. The number of methoxy groups -OCH3 is 1. The number of hydrogen-bond acceptors (Lipinski definition) is 7. The van der Waals surface area contributed by atoms with Gasteiger partial charge in [-0.15, -0.1) is 0 Å². The van der Waals surface area contributed by atoms with Gasteiger partial charge in [-0.05, 0) is 0 Å². The summed E-state index contributed by atoms with van der Waals surface area (Å²) >= 11 is 0. The van der Waals surface area contributed by atoms with Crippen LogP contribution in [0.25, 0.3) is 0 Å². The van der Waals surface area contributed by atoms with Crippen LogP contribution in [0.4, 0.5) is 15.8 Å². The lowest BCUT2D eigenvalue weighted by Gasteiger charge is -2.13. The van der Waals surface area contributed by atoms with Crippen molar-refractivity contribution in [2.75, 3.05) is 25.6 Å². The van der Waals surface area contributed by atoms with Gasteiger partial charge in [-0.1, -0.05) is 0 Å². The predicted octanol–water partition coefficient (Wildman–Crippen LogP) is 0.399. The van der Waals surface area contributed by atoms with Gasteiger partial charge in [0.15, 0.2) is 11.6 Å². The predicted molar refractivity (Wildman–Crippen MR) is 75.1 cm³/mol. The Morgan fingerprint density at radius 3 is 2.70 bits per heavy atom. The topological polar surface area (TPSA) is 122 Å². The van der Waals surface area contributed by atoms with E-state index in [1.807, 2.05) is 0 Å². The third kappa shape index (κ3) is 3.11. The van der Waals surface area contributed by atoms with Crippen LogP contribution in [-0.4, -0.2) is 47.0 Å². The third-order valence-electron chi connectivity index (χ3n) is 3.07. The van der Waals surface area contributed by atoms with Gasteiger partial charge in [0.25, 0.3) is 17.5 Å². The molecule has 23 heavy (non-hydrogen) atoms. The van der Waals surface area contributed by atoms with E-state index in [0.717, 1.165) is 30.2 Å². The molecule has 1 aliphatic rings. The van der Waals surface area contributed by atoms with Gasteiger partial charge in [0.2, 0.25) is 0 Å². The molecule has 1 aromatic carbocycles. The molecule has 0 saturated heterocycles. The van der Waals surface area contributed by atoms with Crippen molar-refractivity contribution in [2.24, 2.45) is 0 Å². The second-order valence-corrected chi connectivity index (χ2v) is 4.46. The first-order chi connectivity index (χ1) is 10.9. The molecule has 0 bridgehead atoms. The van der Waals surface area contributed by atoms with Crippen molar-refractivity contribution in [1.29, 1.82) is 0 Å². The van der Waals surface area contributed by atoms with Gasteiger partial charge in [0, 0.05) is 12.1 Å². The Balaban J connectivity index is 2.35. The van der Waals surface area contributed by atoms with E-state index in [2.05, 4.69) is 10.1 Å². The normalized spacial score (nSPS) is 14.0. The highest BCUT2D eigenvalue weighted by atomic mass is 19.1. The molecule has 0 atom stereocenters. The fourth-order valence-electron chi connectivity index (χ4n) is 2.01. The van der Waals surface area contributed by atoms with Crippen LogP contribution in [0.1, 0.15) is 0 Å². The molecule has 0 fully saturated rings. The molecule has 2 amide bonds. The number of carbonyl (C=O) groups is 2. The van der Waals surface area contributed by atoms with Crippen LogP contribution in [0.3, 0.4) is 0 Å². The number of benzene rings is 1. The molecule has 1 heterocycles. The van der Waals surface area contributed by atoms with Crippen LogP contribution >= 0.6 is 0 Å². The molecule has 0 unspecified atom stereocenters. The molecule has 0 radical (unpaired) electrons. The van der Waals surface area contributed by atoms with E-state index in [0.29, 0.717) is 0 Å². The minimum absolute atomic E-state index is 0.210. The fraction of sp³-hybridized carbons (Fsp3) is 0.231. The molecular weight excluding hydrogens is 313 g/mol. The average molecular weight is 325 g/mol. The third-order valence-corrected chi connectivity index (χ3v) is 3.07. The van der Waals surface area contributed by atoms with Crippen LogP contribution in [-0.2, 0) is 9.59 Å². The van der Waals surface area contributed by atoms with E-state index >= 15 is 0 Å². The van der Waals surface area contributed by atoms with Gasteiger partial charge in [-0.3, -0.25) is 24.6 Å². The number of β-amino-alcohol motifs (C(OH)–C–C–N with tert-alkyl or cyclic N) is 1. The van der Waals surface area contributed by atoms with Crippen LogP contribution in [0, 0.1) is 15.9 Å². The Morgan fingerprint density at radius 2 is 2.13 bits per heavy atom. The minimum Gasteiger partial charge on any atom is -0.493 e. The van der Waals surface area contributed by atoms with E-state index in [-0.39, 0.29) is 23.7 Å². The Labute approximate surface area is 129 Å². The first-order valence-corrected chi connectivity index (χ1v) is 6.36. The summed E-state index contributed by atoms with van der Waals surface area (Å²) in [6.45, 7) is -0.631. The van der Waals surface area contributed by atoms with Crippen LogP contribution < -0.4 is 10.1 Å². The maximum absolute atomic E-state index is 13.7. The number of carbonyl (C=O) groups excluding carboxylic acids is 2. The highest BCUT2D eigenvalue weighted by molar-refractivity contribution is 6.17. The Kier molecular flexibility index (Phi) is 4.55. The SMILES string of the molecule is COc1cc([N+](=O)[O-])c(NC2=CC(=O)N(CCO)C2=O)cc1F. The van der Waals surface area contributed by atoms with Crippen LogP contribution in [0.2, 0.25) is 0 Å². The number of nitro benzene ring substituents is 1. The van der Waals surface area contributed by atoms with Crippen molar-refractivity contribution >= 4 is 23.2 Å². The van der Waals surface area contributed by atoms with Crippen molar-refractivity contribution < 1.29 is 28.7 Å². The average Bonchev–Trinajstić information content (AvgIpc) is 2.75. The number of rotatable bonds is 6. The van der Waals surface area contributed by atoms with Gasteiger partial charge >= 0.3 is 0 Å². The molecule has 2 N–H and O–H groups in total. The molecule has 122 valence electrons. The summed E-state index contributed by atoms with van der Waals surface area (Å²) in [5.74, 6) is -2.64. The molecule has 0 aromatic heterocycles. The summed E-state index contributed by atoms with van der Waals surface area (Å²) in [6, 6.07) is 1.66. The highest BCUT2D eigenvalue weighted by Crippen LogP contribution is 2.33. The molecule has 0 spiro atoms. The molecule has 10 heteroatoms. The first kappa shape index (κ1) is 16.4. The second-order valence-electron chi connectivity index (χ2n) is 4.46. The summed E-state index contributed by atoms with van der Waals surface area (Å²) < 4.78 is 18.4. The van der Waals surface area contributed by atoms with Gasteiger partial charge in [-0.25, -0.2) is 4.39 Å². The number of aliphatic hydroxyl groups excluding tert-OH is 1. The fourth-order valence-corrected chi connectivity index (χ4v) is 2.01. The lowest BCUT2D eigenvalue weighted by Crippen LogP contribution is -2.34. The number of halogens is 1. The van der Waals surface area contributed by atoms with E-state index in [9.17, 15) is 24.1 Å². The van der Waals surface area contributed by atoms with E-state index in [4.69, 9.17) is 5.11 Å². The Hall–Kier alpha value is -3.01. The molecular formula is C13H12FN3O6. The van der Waals surface area contributed by atoms with Crippen LogP contribution in [0.5, 0.6) is 5.75 Å². The summed E-state index contributed by atoms with van der Waals surface area (Å²) in [5.41, 5.74) is -1.08. The van der Waals surface area contributed by atoms with Crippen LogP contribution in [0.15, 0.2) is 23.9 Å². The maximum Gasteiger partial charge on any atom is 0.296 e. The molecule has 2 rings (SSSR count). The number of anilines is 1. The number of amides is 2. The Bertz CT molecular complexity index is 718. The van der Waals surface area contributed by atoms with E-state index in [1.54, 1.807) is 0 Å². The zero-order valence-corrected chi connectivity index (χ0v) is 11.9. The van der Waals surface area contributed by atoms with Crippen molar-refractivity contribution in [2.45, 2.75) is 0 Å². The summed E-state index contributed by atoms with van der Waals surface area (Å²) in [6.07, 6.45) is 0.920. The zero-order chi connectivity index (χ0) is 17.1. The quantitative estimate of drug-likeness (QED) is 0.441. The van der Waals surface area contributed by atoms with Crippen molar-refractivity contribution in [3.8, 4) is 5.75 Å². The number of ether oxygens (including phenoxy) is 1. The van der Waals surface area contributed by atoms with Crippen molar-refractivity contribution in [1.82, 2.24) is 4.90 Å². The van der Waals surface area contributed by atoms with Gasteiger partial charge in [-0.2, -0.15) is 0 Å². The van der Waals surface area contributed by atoms with Crippen molar-refractivity contribution in [3.05, 3.63) is 39.8 Å². The summed E-state index contributed by atoms with van der Waals surface area (Å²) in [5, 5.41) is 22.2. The molecule has 0 aliphatic carbocycles. The zero-order valence-electron chi connectivity index (χ0n) is 11.9. The van der Waals surface area contributed by atoms with E-state index in [1.165, 1.54) is 0 Å². The largest absolute Gasteiger partial charge is 0.493 e. The smallest absolute Gasteiger partial charge is 0.296 e. The van der Waals surface area contributed by atoms with Gasteiger partial charge in [0.05, 0.1) is 31.3 Å². The number of nitro groups is 1. The molecule has 1 aliphatic heterocycles. The molecule has 1 aromatic rings. The maximum atomic E-state index is 13.7. The van der Waals surface area contributed by atoms with Gasteiger partial charge in [0.1, 0.15) is 11.4 Å². The molecule has 0 saturated carbocycles. The Morgan fingerprint density at radius 1 is 1.43 bits per heavy atom. The molecule has 9 nitrogen and oxygen atoms in total. The number of hydrogen-bond donors (Lipinski definition) is 2. The first-order valence-electron chi connectivity index (χ1n) is 6.36. The number of nitrogens with zero attached hydrogens (tertiary/aromatic N) is 2. The van der Waals surface area contributed by atoms with Gasteiger partial charge < -0.3 is 15.2 Å². The lowest BCUT2D eigenvalue weighted by atomic mass is 10.2. The summed E-state index contributed by atoms with van der Waals surface area (Å²) in [4.78, 5) is 34.6. The highest BCUT2D eigenvalue weighted by Gasteiger charge is 2.32. The second kappa shape index (κ2) is 6.40. The number of nitrogens with one attached hydrogen (secondary N) is 1.